The average molecular weight is 315 g/mol. The van der Waals surface area contributed by atoms with Crippen molar-refractivity contribution in [1.82, 2.24) is 20.0 Å². The molecule has 1 unspecified atom stereocenters. The summed E-state index contributed by atoms with van der Waals surface area (Å²) in [5, 5.41) is 17.5. The average Bonchev–Trinajstić information content (AvgIpc) is 3.32. The van der Waals surface area contributed by atoms with Crippen molar-refractivity contribution >= 4 is 22.3 Å². The van der Waals surface area contributed by atoms with Gasteiger partial charge >= 0.3 is 0 Å². The van der Waals surface area contributed by atoms with Crippen molar-refractivity contribution in [3.8, 4) is 0 Å². The number of hydrogen-bond acceptors (Lipinski definition) is 5. The zero-order valence-electron chi connectivity index (χ0n) is 12.7. The topological polar surface area (TPSA) is 64.7 Å². The lowest BCUT2D eigenvalue weighted by atomic mass is 10.00. The molecule has 1 aliphatic heterocycles. The molecule has 2 aromatic carbocycles. The van der Waals surface area contributed by atoms with Crippen molar-refractivity contribution in [2.24, 2.45) is 5.16 Å². The summed E-state index contributed by atoms with van der Waals surface area (Å²) < 4.78 is 1.75. The quantitative estimate of drug-likeness (QED) is 0.570. The van der Waals surface area contributed by atoms with E-state index in [1.807, 2.05) is 42.5 Å². The van der Waals surface area contributed by atoms with Gasteiger partial charge in [-0.25, -0.2) is 0 Å². The molecule has 0 saturated heterocycles. The van der Waals surface area contributed by atoms with Crippen LogP contribution in [0.4, 0.5) is 0 Å². The highest BCUT2D eigenvalue weighted by Gasteiger charge is 2.26. The third kappa shape index (κ3) is 1.96. The van der Waals surface area contributed by atoms with Gasteiger partial charge in [0.25, 0.3) is 0 Å². The van der Waals surface area contributed by atoms with Crippen LogP contribution in [-0.4, -0.2) is 25.8 Å². The summed E-state index contributed by atoms with van der Waals surface area (Å²) in [5.41, 5.74) is 4.57. The highest BCUT2D eigenvalue weighted by Crippen LogP contribution is 2.31. The number of hydrogen-bond donors (Lipinski definition) is 0. The number of fused-ring (bicyclic) bond motifs is 3. The smallest absolute Gasteiger partial charge is 0.189 e. The minimum absolute atomic E-state index is 0.0661. The Labute approximate surface area is 137 Å². The fraction of sp³-hybridized carbons (Fsp3) is 0.111. The predicted octanol–water partition coefficient (Wildman–Crippen LogP) is 3.14. The molecule has 3 heterocycles. The Morgan fingerprint density at radius 1 is 1.00 bits per heavy atom. The lowest BCUT2D eigenvalue weighted by molar-refractivity contribution is 0.0857. The first-order valence-corrected chi connectivity index (χ1v) is 7.78. The van der Waals surface area contributed by atoms with Crippen LogP contribution in [0.1, 0.15) is 23.7 Å². The van der Waals surface area contributed by atoms with E-state index in [9.17, 15) is 0 Å². The Morgan fingerprint density at radius 3 is 2.75 bits per heavy atom. The van der Waals surface area contributed by atoms with Crippen LogP contribution in [0.3, 0.4) is 0 Å². The highest BCUT2D eigenvalue weighted by atomic mass is 16.6. The number of pyridine rings is 1. The van der Waals surface area contributed by atoms with Gasteiger partial charge in [0.2, 0.25) is 0 Å². The van der Waals surface area contributed by atoms with Gasteiger partial charge in [-0.1, -0.05) is 53.7 Å². The van der Waals surface area contributed by atoms with E-state index in [2.05, 4.69) is 38.9 Å². The highest BCUT2D eigenvalue weighted by molar-refractivity contribution is 6.08. The van der Waals surface area contributed by atoms with E-state index >= 15 is 0 Å². The second-order valence-corrected chi connectivity index (χ2v) is 5.78. The van der Waals surface area contributed by atoms with Crippen molar-refractivity contribution in [3.05, 3.63) is 71.8 Å². The molecule has 0 saturated carbocycles. The summed E-state index contributed by atoms with van der Waals surface area (Å²) in [6.07, 6.45) is 0.633. The van der Waals surface area contributed by atoms with E-state index in [0.29, 0.717) is 12.1 Å². The second kappa shape index (κ2) is 5.13. The maximum absolute atomic E-state index is 5.65. The molecule has 24 heavy (non-hydrogen) atoms. The van der Waals surface area contributed by atoms with Gasteiger partial charge in [0.05, 0.1) is 11.2 Å². The summed E-state index contributed by atoms with van der Waals surface area (Å²) in [6, 6.07) is 20.2. The zero-order chi connectivity index (χ0) is 15.9. The van der Waals surface area contributed by atoms with Crippen molar-refractivity contribution < 1.29 is 4.84 Å². The fourth-order valence-electron chi connectivity index (χ4n) is 3.14. The summed E-state index contributed by atoms with van der Waals surface area (Å²) in [4.78, 5) is 5.65. The third-order valence-corrected chi connectivity index (χ3v) is 4.33. The molecule has 0 fully saturated rings. The summed E-state index contributed by atoms with van der Waals surface area (Å²) in [5.74, 6) is 0. The van der Waals surface area contributed by atoms with Gasteiger partial charge < -0.3 is 4.84 Å². The lowest BCUT2D eigenvalue weighted by Crippen LogP contribution is -2.05. The van der Waals surface area contributed by atoms with E-state index in [-0.39, 0.29) is 6.10 Å². The van der Waals surface area contributed by atoms with Crippen LogP contribution < -0.4 is 0 Å². The molecule has 2 aromatic heterocycles. The van der Waals surface area contributed by atoms with Gasteiger partial charge in [-0.2, -0.15) is 4.52 Å². The first kappa shape index (κ1) is 13.2. The van der Waals surface area contributed by atoms with E-state index in [1.165, 1.54) is 0 Å². The molecule has 116 valence electrons. The first-order chi connectivity index (χ1) is 11.9. The Balaban J connectivity index is 1.60. The Morgan fingerprint density at radius 2 is 1.83 bits per heavy atom. The van der Waals surface area contributed by atoms with E-state index in [0.717, 1.165) is 27.7 Å². The molecular formula is C18H13N5O. The molecule has 1 aliphatic rings. The molecule has 0 bridgehead atoms. The van der Waals surface area contributed by atoms with Crippen LogP contribution in [0.5, 0.6) is 0 Å². The monoisotopic (exact) mass is 315 g/mol. The summed E-state index contributed by atoms with van der Waals surface area (Å²) in [6.45, 7) is 0. The largest absolute Gasteiger partial charge is 0.387 e. The first-order valence-electron chi connectivity index (χ1n) is 7.78. The standard InChI is InChI=1S/C18H13N5O/c1-2-6-12(7-3-1)17-11-15(20-24-17)14-10-13-8-4-5-9-16(13)23-18(14)19-21-22-23/h1-10,17H,11H2. The Bertz CT molecular complexity index is 1070. The molecule has 5 rings (SSSR count). The molecule has 0 amide bonds. The maximum Gasteiger partial charge on any atom is 0.189 e. The summed E-state index contributed by atoms with van der Waals surface area (Å²) in [7, 11) is 0. The third-order valence-electron chi connectivity index (χ3n) is 4.33. The number of aromatic nitrogens is 4. The molecular weight excluding hydrogens is 302 g/mol. The lowest BCUT2D eigenvalue weighted by Gasteiger charge is -2.08. The van der Waals surface area contributed by atoms with Crippen LogP contribution in [0.25, 0.3) is 16.6 Å². The van der Waals surface area contributed by atoms with Crippen molar-refractivity contribution in [1.29, 1.82) is 0 Å². The van der Waals surface area contributed by atoms with E-state index in [1.54, 1.807) is 4.52 Å². The number of oxime groups is 1. The molecule has 6 heteroatoms. The van der Waals surface area contributed by atoms with Crippen LogP contribution >= 0.6 is 0 Å². The molecule has 4 aromatic rings. The van der Waals surface area contributed by atoms with E-state index in [4.69, 9.17) is 4.84 Å². The molecule has 0 aliphatic carbocycles. The van der Waals surface area contributed by atoms with Gasteiger partial charge in [-0.05, 0) is 28.1 Å². The normalized spacial score (nSPS) is 17.2. The molecule has 0 N–H and O–H groups in total. The predicted molar refractivity (Wildman–Crippen MR) is 89.7 cm³/mol. The van der Waals surface area contributed by atoms with Crippen LogP contribution in [0.15, 0.2) is 65.8 Å². The number of tetrazole rings is 1. The van der Waals surface area contributed by atoms with Gasteiger partial charge in [-0.3, -0.25) is 0 Å². The van der Waals surface area contributed by atoms with Crippen molar-refractivity contribution in [3.63, 3.8) is 0 Å². The minimum Gasteiger partial charge on any atom is -0.387 e. The van der Waals surface area contributed by atoms with Gasteiger partial charge in [0.1, 0.15) is 0 Å². The second-order valence-electron chi connectivity index (χ2n) is 5.78. The number of nitrogens with zero attached hydrogens (tertiary/aromatic N) is 5. The van der Waals surface area contributed by atoms with Gasteiger partial charge in [0.15, 0.2) is 11.8 Å². The molecule has 0 spiro atoms. The van der Waals surface area contributed by atoms with Gasteiger partial charge in [-0.15, -0.1) is 5.10 Å². The SMILES string of the molecule is c1ccc(C2CC(c3cc4ccccc4n4nnnc34)=NO2)cc1. The van der Waals surface area contributed by atoms with Crippen molar-refractivity contribution in [2.45, 2.75) is 12.5 Å². The fourth-order valence-corrected chi connectivity index (χ4v) is 3.14. The molecule has 1 atom stereocenters. The molecule has 6 nitrogen and oxygen atoms in total. The van der Waals surface area contributed by atoms with Gasteiger partial charge in [0, 0.05) is 17.4 Å². The molecule has 0 radical (unpaired) electrons. The van der Waals surface area contributed by atoms with Crippen LogP contribution in [-0.2, 0) is 4.84 Å². The summed E-state index contributed by atoms with van der Waals surface area (Å²) >= 11 is 0. The van der Waals surface area contributed by atoms with Crippen LogP contribution in [0.2, 0.25) is 0 Å². The van der Waals surface area contributed by atoms with Crippen LogP contribution in [0, 0.1) is 0 Å². The number of para-hydroxylation sites is 1. The zero-order valence-corrected chi connectivity index (χ0v) is 12.7. The van der Waals surface area contributed by atoms with Crippen molar-refractivity contribution in [2.75, 3.05) is 0 Å². The van der Waals surface area contributed by atoms with E-state index < -0.39 is 0 Å². The Kier molecular flexibility index (Phi) is 2.82. The Hall–Kier alpha value is -3.28. The number of benzene rings is 2. The maximum atomic E-state index is 5.65. The minimum atomic E-state index is -0.0661. The number of rotatable bonds is 2.